The SMILES string of the molecule is Cc1cc(NCC2CC2)cc(C)n1. The normalized spacial score (nSPS) is 15.8. The summed E-state index contributed by atoms with van der Waals surface area (Å²) in [5, 5.41) is 3.45. The van der Waals surface area contributed by atoms with Crippen molar-refractivity contribution in [2.45, 2.75) is 26.7 Å². The predicted molar refractivity (Wildman–Crippen MR) is 54.9 cm³/mol. The van der Waals surface area contributed by atoms with Crippen molar-refractivity contribution in [1.82, 2.24) is 4.98 Å². The van der Waals surface area contributed by atoms with Gasteiger partial charge in [0.15, 0.2) is 0 Å². The van der Waals surface area contributed by atoms with E-state index in [2.05, 4.69) is 22.4 Å². The van der Waals surface area contributed by atoms with Crippen molar-refractivity contribution in [1.29, 1.82) is 0 Å². The number of rotatable bonds is 3. The lowest BCUT2D eigenvalue weighted by atomic mass is 10.2. The molecule has 1 heterocycles. The standard InChI is InChI=1S/C11H16N2/c1-8-5-11(6-9(2)13-8)12-7-10-3-4-10/h5-6,10H,3-4,7H2,1-2H3,(H,12,13). The highest BCUT2D eigenvalue weighted by atomic mass is 14.9. The van der Waals surface area contributed by atoms with Gasteiger partial charge in [-0.25, -0.2) is 0 Å². The third-order valence-electron chi connectivity index (χ3n) is 2.37. The molecule has 0 atom stereocenters. The fraction of sp³-hybridized carbons (Fsp3) is 0.545. The molecule has 1 aliphatic rings. The zero-order valence-corrected chi connectivity index (χ0v) is 8.30. The first-order valence-corrected chi connectivity index (χ1v) is 4.93. The van der Waals surface area contributed by atoms with Crippen LogP contribution in [0.25, 0.3) is 0 Å². The predicted octanol–water partition coefficient (Wildman–Crippen LogP) is 2.52. The van der Waals surface area contributed by atoms with Crippen LogP contribution in [0.1, 0.15) is 24.2 Å². The monoisotopic (exact) mass is 176 g/mol. The van der Waals surface area contributed by atoms with Gasteiger partial charge in [-0.05, 0) is 44.7 Å². The van der Waals surface area contributed by atoms with Crippen molar-refractivity contribution in [2.24, 2.45) is 5.92 Å². The molecule has 2 heteroatoms. The fourth-order valence-corrected chi connectivity index (χ4v) is 1.52. The van der Waals surface area contributed by atoms with Gasteiger partial charge in [-0.1, -0.05) is 0 Å². The van der Waals surface area contributed by atoms with E-state index in [9.17, 15) is 0 Å². The van der Waals surface area contributed by atoms with Gasteiger partial charge in [-0.2, -0.15) is 0 Å². The molecule has 0 bridgehead atoms. The molecule has 0 amide bonds. The molecule has 1 aromatic rings. The van der Waals surface area contributed by atoms with Crippen molar-refractivity contribution < 1.29 is 0 Å². The Hall–Kier alpha value is -1.05. The number of aryl methyl sites for hydroxylation is 2. The molecular weight excluding hydrogens is 160 g/mol. The summed E-state index contributed by atoms with van der Waals surface area (Å²) in [6.45, 7) is 5.20. The molecule has 0 unspecified atom stereocenters. The number of aromatic nitrogens is 1. The maximum Gasteiger partial charge on any atom is 0.0396 e. The molecule has 2 nitrogen and oxygen atoms in total. The van der Waals surface area contributed by atoms with Crippen molar-refractivity contribution in [3.05, 3.63) is 23.5 Å². The van der Waals surface area contributed by atoms with E-state index in [4.69, 9.17) is 0 Å². The molecule has 1 aromatic heterocycles. The smallest absolute Gasteiger partial charge is 0.0396 e. The number of nitrogens with zero attached hydrogens (tertiary/aromatic N) is 1. The zero-order chi connectivity index (χ0) is 9.26. The second-order valence-electron chi connectivity index (χ2n) is 3.96. The third kappa shape index (κ3) is 2.44. The number of hydrogen-bond acceptors (Lipinski definition) is 2. The number of hydrogen-bond donors (Lipinski definition) is 1. The minimum absolute atomic E-state index is 0.925. The van der Waals surface area contributed by atoms with Crippen LogP contribution < -0.4 is 5.32 Å². The molecule has 2 rings (SSSR count). The fourth-order valence-electron chi connectivity index (χ4n) is 1.52. The summed E-state index contributed by atoms with van der Waals surface area (Å²) < 4.78 is 0. The van der Waals surface area contributed by atoms with Crippen LogP contribution in [0.4, 0.5) is 5.69 Å². The number of pyridine rings is 1. The first-order chi connectivity index (χ1) is 6.24. The Morgan fingerprint density at radius 3 is 2.46 bits per heavy atom. The van der Waals surface area contributed by atoms with E-state index >= 15 is 0 Å². The van der Waals surface area contributed by atoms with Gasteiger partial charge >= 0.3 is 0 Å². The van der Waals surface area contributed by atoms with Gasteiger partial charge in [0, 0.05) is 23.6 Å². The molecule has 0 aromatic carbocycles. The van der Waals surface area contributed by atoms with E-state index in [0.717, 1.165) is 23.9 Å². The van der Waals surface area contributed by atoms with Crippen LogP contribution in [-0.4, -0.2) is 11.5 Å². The van der Waals surface area contributed by atoms with E-state index in [-0.39, 0.29) is 0 Å². The van der Waals surface area contributed by atoms with Crippen LogP contribution in [0.15, 0.2) is 12.1 Å². The Bertz CT molecular complexity index is 283. The van der Waals surface area contributed by atoms with Gasteiger partial charge in [0.25, 0.3) is 0 Å². The van der Waals surface area contributed by atoms with Gasteiger partial charge in [0.05, 0.1) is 0 Å². The second kappa shape index (κ2) is 3.36. The largest absolute Gasteiger partial charge is 0.385 e. The van der Waals surface area contributed by atoms with Gasteiger partial charge in [-0.3, -0.25) is 4.98 Å². The van der Waals surface area contributed by atoms with E-state index in [1.165, 1.54) is 18.5 Å². The average molecular weight is 176 g/mol. The van der Waals surface area contributed by atoms with Crippen LogP contribution in [0.3, 0.4) is 0 Å². The highest BCUT2D eigenvalue weighted by Gasteiger charge is 2.20. The van der Waals surface area contributed by atoms with Gasteiger partial charge in [0.1, 0.15) is 0 Å². The van der Waals surface area contributed by atoms with E-state index in [1.54, 1.807) is 0 Å². The van der Waals surface area contributed by atoms with Crippen molar-refractivity contribution in [2.75, 3.05) is 11.9 Å². The molecule has 0 saturated heterocycles. The molecule has 1 fully saturated rings. The molecule has 70 valence electrons. The molecule has 0 aliphatic heterocycles. The van der Waals surface area contributed by atoms with Crippen LogP contribution in [-0.2, 0) is 0 Å². The highest BCUT2D eigenvalue weighted by Crippen LogP contribution is 2.28. The van der Waals surface area contributed by atoms with Gasteiger partial charge in [-0.15, -0.1) is 0 Å². The van der Waals surface area contributed by atoms with E-state index in [1.807, 2.05) is 13.8 Å². The summed E-state index contributed by atoms with van der Waals surface area (Å²) in [6.07, 6.45) is 2.80. The summed E-state index contributed by atoms with van der Waals surface area (Å²) in [5.74, 6) is 0.925. The van der Waals surface area contributed by atoms with Crippen molar-refractivity contribution in [3.8, 4) is 0 Å². The lowest BCUT2D eigenvalue weighted by Gasteiger charge is -2.06. The Morgan fingerprint density at radius 1 is 1.31 bits per heavy atom. The Balaban J connectivity index is 2.01. The van der Waals surface area contributed by atoms with Crippen LogP contribution in [0, 0.1) is 19.8 Å². The Labute approximate surface area is 79.4 Å². The van der Waals surface area contributed by atoms with E-state index < -0.39 is 0 Å². The maximum atomic E-state index is 4.34. The lowest BCUT2D eigenvalue weighted by molar-refractivity contribution is 0.887. The minimum atomic E-state index is 0.925. The van der Waals surface area contributed by atoms with Crippen molar-refractivity contribution in [3.63, 3.8) is 0 Å². The first-order valence-electron chi connectivity index (χ1n) is 4.93. The van der Waals surface area contributed by atoms with Crippen LogP contribution in [0.2, 0.25) is 0 Å². The molecule has 1 aliphatic carbocycles. The average Bonchev–Trinajstić information content (AvgIpc) is 2.81. The van der Waals surface area contributed by atoms with Gasteiger partial charge in [0.2, 0.25) is 0 Å². The van der Waals surface area contributed by atoms with Crippen LogP contribution >= 0.6 is 0 Å². The third-order valence-corrected chi connectivity index (χ3v) is 2.37. The Morgan fingerprint density at radius 2 is 1.92 bits per heavy atom. The summed E-state index contributed by atoms with van der Waals surface area (Å²) >= 11 is 0. The highest BCUT2D eigenvalue weighted by molar-refractivity contribution is 5.45. The zero-order valence-electron chi connectivity index (χ0n) is 8.30. The number of nitrogens with one attached hydrogen (secondary N) is 1. The molecule has 1 N–H and O–H groups in total. The summed E-state index contributed by atoms with van der Waals surface area (Å²) in [6, 6.07) is 4.21. The molecule has 13 heavy (non-hydrogen) atoms. The minimum Gasteiger partial charge on any atom is -0.385 e. The van der Waals surface area contributed by atoms with Crippen molar-refractivity contribution >= 4 is 5.69 Å². The molecule has 0 spiro atoms. The second-order valence-corrected chi connectivity index (χ2v) is 3.96. The van der Waals surface area contributed by atoms with E-state index in [0.29, 0.717) is 0 Å². The lowest BCUT2D eigenvalue weighted by Crippen LogP contribution is -2.04. The summed E-state index contributed by atoms with van der Waals surface area (Å²) in [7, 11) is 0. The molecule has 0 radical (unpaired) electrons. The number of anilines is 1. The van der Waals surface area contributed by atoms with Gasteiger partial charge < -0.3 is 5.32 Å². The Kier molecular flexibility index (Phi) is 2.21. The molecular formula is C11H16N2. The molecule has 1 saturated carbocycles. The summed E-state index contributed by atoms with van der Waals surface area (Å²) in [4.78, 5) is 4.34. The topological polar surface area (TPSA) is 24.9 Å². The quantitative estimate of drug-likeness (QED) is 0.765. The first kappa shape index (κ1) is 8.54. The maximum absolute atomic E-state index is 4.34. The van der Waals surface area contributed by atoms with Crippen LogP contribution in [0.5, 0.6) is 0 Å². The summed E-state index contributed by atoms with van der Waals surface area (Å²) in [5.41, 5.74) is 3.41.